The molecular formula is C4H9F2O3PSi. The van der Waals surface area contributed by atoms with Crippen LogP contribution in [0, 0.1) is 0 Å². The van der Waals surface area contributed by atoms with E-state index in [9.17, 15) is 9.05 Å². The molecule has 0 aromatic rings. The second-order valence-corrected chi connectivity index (χ2v) is 4.93. The van der Waals surface area contributed by atoms with Crippen molar-refractivity contribution in [3.05, 3.63) is 11.3 Å². The molecule has 0 heterocycles. The van der Waals surface area contributed by atoms with Crippen molar-refractivity contribution in [3.63, 3.8) is 0 Å². The Morgan fingerprint density at radius 1 is 1.45 bits per heavy atom. The first kappa shape index (κ1) is 11.1. The van der Waals surface area contributed by atoms with Gasteiger partial charge in [0.15, 0.2) is 9.76 Å². The fourth-order valence-electron chi connectivity index (χ4n) is 0.288. The third kappa shape index (κ3) is 5.40. The molecule has 0 saturated carbocycles. The van der Waals surface area contributed by atoms with Crippen molar-refractivity contribution < 1.29 is 22.7 Å². The highest BCUT2D eigenvalue weighted by atomic mass is 31.2. The van der Waals surface area contributed by atoms with Crippen LogP contribution in [0.4, 0.5) is 9.05 Å². The maximum atomic E-state index is 11.3. The Hall–Kier alpha value is 0.127. The minimum atomic E-state index is -2.41. The van der Waals surface area contributed by atoms with Gasteiger partial charge in [0.2, 0.25) is 0 Å². The van der Waals surface area contributed by atoms with Gasteiger partial charge in [0, 0.05) is 0 Å². The van der Waals surface area contributed by atoms with Gasteiger partial charge in [0.25, 0.3) is 0 Å². The van der Waals surface area contributed by atoms with E-state index in [1.165, 1.54) is 0 Å². The summed E-state index contributed by atoms with van der Waals surface area (Å²) < 4.78 is 33.2. The molecule has 0 fully saturated rings. The van der Waals surface area contributed by atoms with Crippen LogP contribution in [-0.4, -0.2) is 9.76 Å². The quantitative estimate of drug-likeness (QED) is 0.504. The maximum absolute atomic E-state index is 11.3. The van der Waals surface area contributed by atoms with Gasteiger partial charge in [-0.05, 0) is 22.9 Å². The van der Waals surface area contributed by atoms with Crippen LogP contribution in [0.25, 0.3) is 0 Å². The van der Waals surface area contributed by atoms with E-state index in [0.717, 1.165) is 5.20 Å². The van der Waals surface area contributed by atoms with E-state index in [0.29, 0.717) is 0 Å². The third-order valence-corrected chi connectivity index (χ3v) is 3.45. The van der Waals surface area contributed by atoms with Crippen LogP contribution in [0.2, 0.25) is 0 Å². The minimum absolute atomic E-state index is 0.978. The van der Waals surface area contributed by atoms with Crippen molar-refractivity contribution in [2.75, 3.05) is 0 Å². The smallest absolute Gasteiger partial charge is 0.353 e. The van der Waals surface area contributed by atoms with Crippen molar-refractivity contribution in [1.82, 2.24) is 0 Å². The Balaban J connectivity index is 3.50. The molecule has 0 amide bonds. The number of allylic oxidation sites excluding steroid dienone is 2. The summed E-state index contributed by atoms with van der Waals surface area (Å²) in [6.07, 6.45) is 1.82. The van der Waals surface area contributed by atoms with Gasteiger partial charge in [-0.3, -0.25) is 0 Å². The van der Waals surface area contributed by atoms with Crippen molar-refractivity contribution in [2.45, 2.75) is 13.8 Å². The Bertz CT molecular complexity index is 131. The summed E-state index contributed by atoms with van der Waals surface area (Å²) in [6.45, 7) is 3.64. The third-order valence-electron chi connectivity index (χ3n) is 1.00. The molecule has 11 heavy (non-hydrogen) atoms. The summed E-state index contributed by atoms with van der Waals surface area (Å²) in [4.78, 5) is 0. The van der Waals surface area contributed by atoms with Crippen LogP contribution in [0.3, 0.4) is 0 Å². The van der Waals surface area contributed by atoms with E-state index in [1.807, 2.05) is 19.9 Å². The number of halogens is 2. The molecule has 0 unspecified atom stereocenters. The van der Waals surface area contributed by atoms with E-state index in [4.69, 9.17) is 0 Å². The van der Waals surface area contributed by atoms with Gasteiger partial charge in [-0.25, -0.2) is 0 Å². The SMILES string of the molecule is CC=C(C)[SiH2]OP(OF)OF. The number of rotatable bonds is 5. The summed E-state index contributed by atoms with van der Waals surface area (Å²) in [7, 11) is -3.48. The first-order valence-corrected chi connectivity index (χ1v) is 5.24. The molecule has 0 spiro atoms. The van der Waals surface area contributed by atoms with Crippen LogP contribution in [0.15, 0.2) is 11.3 Å². The minimum Gasteiger partial charge on any atom is -0.353 e. The van der Waals surface area contributed by atoms with Gasteiger partial charge < -0.3 is 4.21 Å². The van der Waals surface area contributed by atoms with E-state index < -0.39 is 18.4 Å². The highest BCUT2D eigenvalue weighted by molar-refractivity contribution is 7.42. The molecule has 0 aliphatic rings. The van der Waals surface area contributed by atoms with Crippen LogP contribution < -0.4 is 0 Å². The topological polar surface area (TPSA) is 27.7 Å². The van der Waals surface area contributed by atoms with Crippen LogP contribution in [0.1, 0.15) is 13.8 Å². The lowest BCUT2D eigenvalue weighted by Gasteiger charge is -2.04. The fourth-order valence-corrected chi connectivity index (χ4v) is 2.03. The fraction of sp³-hybridized carbons (Fsp3) is 0.500. The molecule has 66 valence electrons. The van der Waals surface area contributed by atoms with Gasteiger partial charge in [0.05, 0.1) is 0 Å². The predicted molar refractivity (Wildman–Crippen MR) is 40.4 cm³/mol. The molecular weight excluding hydrogens is 193 g/mol. The normalized spacial score (nSPS) is 13.7. The zero-order valence-electron chi connectivity index (χ0n) is 6.21. The molecule has 0 aromatic carbocycles. The van der Waals surface area contributed by atoms with Crippen molar-refractivity contribution in [2.24, 2.45) is 0 Å². The summed E-state index contributed by atoms with van der Waals surface area (Å²) in [6, 6.07) is 0. The molecule has 0 aromatic heterocycles. The summed E-state index contributed by atoms with van der Waals surface area (Å²) in [5, 5.41) is 0.978. The van der Waals surface area contributed by atoms with E-state index in [1.54, 1.807) is 0 Å². The molecule has 0 rings (SSSR count). The van der Waals surface area contributed by atoms with Crippen LogP contribution in [0.5, 0.6) is 0 Å². The zero-order chi connectivity index (χ0) is 8.69. The molecule has 0 saturated heterocycles. The first-order valence-electron chi connectivity index (χ1n) is 2.86. The van der Waals surface area contributed by atoms with Gasteiger partial charge in [-0.1, -0.05) is 11.3 Å². The molecule has 0 radical (unpaired) electrons. The van der Waals surface area contributed by atoms with E-state index >= 15 is 0 Å². The van der Waals surface area contributed by atoms with Crippen molar-refractivity contribution in [3.8, 4) is 0 Å². The van der Waals surface area contributed by atoms with Crippen molar-refractivity contribution >= 4 is 18.4 Å². The number of hydrogen-bond acceptors (Lipinski definition) is 3. The molecule has 0 atom stereocenters. The van der Waals surface area contributed by atoms with E-state index in [2.05, 4.69) is 13.7 Å². The van der Waals surface area contributed by atoms with Crippen LogP contribution >= 0.6 is 8.60 Å². The summed E-state index contributed by atoms with van der Waals surface area (Å²) in [5.74, 6) is 0. The largest absolute Gasteiger partial charge is 0.392 e. The lowest BCUT2D eigenvalue weighted by Crippen LogP contribution is -1.96. The summed E-state index contributed by atoms with van der Waals surface area (Å²) >= 11 is 0. The zero-order valence-corrected chi connectivity index (χ0v) is 8.52. The number of hydrogen-bond donors (Lipinski definition) is 0. The Labute approximate surface area is 67.1 Å². The molecule has 7 heteroatoms. The second-order valence-electron chi connectivity index (χ2n) is 1.77. The predicted octanol–water partition coefficient (Wildman–Crippen LogP) is 2.04. The van der Waals surface area contributed by atoms with Gasteiger partial charge >= 0.3 is 8.60 Å². The molecule has 3 nitrogen and oxygen atoms in total. The molecule has 0 aliphatic heterocycles. The lowest BCUT2D eigenvalue weighted by atomic mass is 10.6. The van der Waals surface area contributed by atoms with Gasteiger partial charge in [-0.2, -0.15) is 0 Å². The molecule has 0 N–H and O–H groups in total. The van der Waals surface area contributed by atoms with E-state index in [-0.39, 0.29) is 0 Å². The van der Waals surface area contributed by atoms with Gasteiger partial charge in [-0.15, -0.1) is 9.46 Å². The standard InChI is InChI=1S/C4H9F2O3PSi/c1-3-4(2)11-9-10(7-5)8-6/h3H,11H2,1-2H3. The average molecular weight is 202 g/mol. The first-order chi connectivity index (χ1) is 5.24. The van der Waals surface area contributed by atoms with Crippen molar-refractivity contribution in [1.29, 1.82) is 0 Å². The highest BCUT2D eigenvalue weighted by Gasteiger charge is 2.13. The lowest BCUT2D eigenvalue weighted by molar-refractivity contribution is -0.0857. The Morgan fingerprint density at radius 2 is 2.00 bits per heavy atom. The monoisotopic (exact) mass is 202 g/mol. The molecule has 0 aliphatic carbocycles. The van der Waals surface area contributed by atoms with Gasteiger partial charge in [0.1, 0.15) is 0 Å². The second kappa shape index (κ2) is 6.81. The average Bonchev–Trinajstić information content (AvgIpc) is 2.06. The highest BCUT2D eigenvalue weighted by Crippen LogP contribution is 2.39. The maximum Gasteiger partial charge on any atom is 0.392 e. The Morgan fingerprint density at radius 3 is 2.36 bits per heavy atom. The Kier molecular flexibility index (Phi) is 6.89. The van der Waals surface area contributed by atoms with Crippen LogP contribution in [-0.2, 0) is 13.7 Å². The molecule has 0 bridgehead atoms. The summed E-state index contributed by atoms with van der Waals surface area (Å²) in [5.41, 5.74) is 0.